The maximum absolute atomic E-state index is 13.9. The van der Waals surface area contributed by atoms with E-state index >= 15 is 0 Å². The Labute approximate surface area is 217 Å². The van der Waals surface area contributed by atoms with E-state index in [1.165, 1.54) is 52.7 Å². The van der Waals surface area contributed by atoms with E-state index in [1.54, 1.807) is 24.3 Å². The maximum Gasteiger partial charge on any atom is 0.300 e. The van der Waals surface area contributed by atoms with Gasteiger partial charge in [-0.3, -0.25) is 14.5 Å². The van der Waals surface area contributed by atoms with Crippen molar-refractivity contribution in [2.75, 3.05) is 33.3 Å². The fourth-order valence-corrected chi connectivity index (χ4v) is 4.39. The molecule has 8 nitrogen and oxygen atoms in total. The molecule has 1 N–H and O–H groups in total. The van der Waals surface area contributed by atoms with Gasteiger partial charge in [0.25, 0.3) is 11.7 Å². The zero-order valence-electron chi connectivity index (χ0n) is 20.4. The highest BCUT2D eigenvalue weighted by Crippen LogP contribution is 2.45. The molecular weight excluding hydrogens is 505 g/mol. The number of amides is 1. The summed E-state index contributed by atoms with van der Waals surface area (Å²) in [4.78, 5) is 27.9. The molecule has 1 fully saturated rings. The molecule has 1 aliphatic heterocycles. The first-order chi connectivity index (χ1) is 17.7. The lowest BCUT2D eigenvalue weighted by molar-refractivity contribution is -0.132. The minimum Gasteiger partial charge on any atom is -0.507 e. The van der Waals surface area contributed by atoms with Gasteiger partial charge >= 0.3 is 0 Å². The van der Waals surface area contributed by atoms with E-state index in [0.717, 1.165) is 11.0 Å². The van der Waals surface area contributed by atoms with Gasteiger partial charge in [-0.25, -0.2) is 4.39 Å². The molecule has 3 aromatic carbocycles. The molecule has 1 aliphatic rings. The molecular formula is C27H23ClFNO7. The summed E-state index contributed by atoms with van der Waals surface area (Å²) < 4.78 is 35.3. The van der Waals surface area contributed by atoms with E-state index in [-0.39, 0.29) is 27.6 Å². The van der Waals surface area contributed by atoms with Gasteiger partial charge in [-0.2, -0.15) is 0 Å². The monoisotopic (exact) mass is 527 g/mol. The number of benzene rings is 3. The summed E-state index contributed by atoms with van der Waals surface area (Å²) >= 11 is 6.00. The topological polar surface area (TPSA) is 94.5 Å². The number of ketones is 1. The van der Waals surface area contributed by atoms with E-state index in [1.807, 2.05) is 0 Å². The molecule has 192 valence electrons. The van der Waals surface area contributed by atoms with Crippen LogP contribution in [0.25, 0.3) is 5.76 Å². The predicted molar refractivity (Wildman–Crippen MR) is 135 cm³/mol. The summed E-state index contributed by atoms with van der Waals surface area (Å²) in [6, 6.07) is 12.0. The predicted octanol–water partition coefficient (Wildman–Crippen LogP) is 5.14. The van der Waals surface area contributed by atoms with Crippen LogP contribution in [0.2, 0.25) is 5.02 Å². The number of nitrogens with zero attached hydrogens (tertiary/aromatic N) is 1. The fraction of sp³-hybridized carbons (Fsp3) is 0.185. The number of carbonyl (C=O) groups is 2. The molecule has 0 bridgehead atoms. The highest BCUT2D eigenvalue weighted by atomic mass is 35.5. The van der Waals surface area contributed by atoms with E-state index in [0.29, 0.717) is 22.8 Å². The number of methoxy groups -OCH3 is 4. The number of hydrogen-bond donors (Lipinski definition) is 1. The van der Waals surface area contributed by atoms with Crippen molar-refractivity contribution in [2.45, 2.75) is 6.04 Å². The Balaban J connectivity index is 2.00. The summed E-state index contributed by atoms with van der Waals surface area (Å²) in [5.41, 5.74) is 0.547. The number of carbonyl (C=O) groups excluding carboxylic acids is 2. The van der Waals surface area contributed by atoms with Crippen molar-refractivity contribution in [1.29, 1.82) is 0 Å². The summed E-state index contributed by atoms with van der Waals surface area (Å²) in [6.45, 7) is 0. The van der Waals surface area contributed by atoms with E-state index in [9.17, 15) is 19.1 Å². The van der Waals surface area contributed by atoms with Crippen molar-refractivity contribution in [3.8, 4) is 23.0 Å². The number of ether oxygens (including phenoxy) is 4. The minimum absolute atomic E-state index is 0.161. The smallest absolute Gasteiger partial charge is 0.300 e. The van der Waals surface area contributed by atoms with Crippen molar-refractivity contribution in [2.24, 2.45) is 0 Å². The third-order valence-corrected chi connectivity index (χ3v) is 6.30. The number of Topliss-reactive ketones (excluding diaryl/α,β-unsaturated/α-hetero) is 1. The molecule has 1 atom stereocenters. The summed E-state index contributed by atoms with van der Waals surface area (Å²) in [7, 11) is 5.79. The number of hydrogen-bond acceptors (Lipinski definition) is 7. The van der Waals surface area contributed by atoms with E-state index in [2.05, 4.69) is 0 Å². The second-order valence-corrected chi connectivity index (χ2v) is 8.36. The normalized spacial score (nSPS) is 16.6. The quantitative estimate of drug-likeness (QED) is 0.258. The van der Waals surface area contributed by atoms with E-state index in [4.69, 9.17) is 30.5 Å². The molecule has 37 heavy (non-hydrogen) atoms. The van der Waals surface area contributed by atoms with Crippen LogP contribution in [0.4, 0.5) is 10.1 Å². The number of aliphatic hydroxyl groups excluding tert-OH is 1. The van der Waals surface area contributed by atoms with Crippen LogP contribution in [-0.4, -0.2) is 45.2 Å². The average Bonchev–Trinajstić information content (AvgIpc) is 3.18. The van der Waals surface area contributed by atoms with Gasteiger partial charge in [0.15, 0.2) is 11.5 Å². The molecule has 3 aromatic rings. The second kappa shape index (κ2) is 10.4. The molecule has 0 radical (unpaired) electrons. The third-order valence-electron chi connectivity index (χ3n) is 6.01. The van der Waals surface area contributed by atoms with Gasteiger partial charge in [-0.05, 0) is 48.0 Å². The van der Waals surface area contributed by atoms with Crippen molar-refractivity contribution in [3.05, 3.63) is 82.1 Å². The number of aliphatic hydroxyl groups is 1. The summed E-state index contributed by atoms with van der Waals surface area (Å²) in [6.07, 6.45) is 0. The second-order valence-electron chi connectivity index (χ2n) is 7.95. The third kappa shape index (κ3) is 4.53. The van der Waals surface area contributed by atoms with Crippen LogP contribution in [0.3, 0.4) is 0 Å². The highest BCUT2D eigenvalue weighted by molar-refractivity contribution is 6.52. The molecule has 0 aromatic heterocycles. The Morgan fingerprint density at radius 1 is 0.865 bits per heavy atom. The molecule has 4 rings (SSSR count). The minimum atomic E-state index is -1.12. The summed E-state index contributed by atoms with van der Waals surface area (Å²) in [5, 5.41) is 11.2. The van der Waals surface area contributed by atoms with Crippen molar-refractivity contribution < 1.29 is 38.0 Å². The molecule has 0 saturated carbocycles. The van der Waals surface area contributed by atoms with Crippen molar-refractivity contribution >= 4 is 34.7 Å². The lowest BCUT2D eigenvalue weighted by Gasteiger charge is -2.26. The molecule has 1 unspecified atom stereocenters. The zero-order valence-corrected chi connectivity index (χ0v) is 21.1. The van der Waals surface area contributed by atoms with Crippen LogP contribution in [0.1, 0.15) is 17.2 Å². The van der Waals surface area contributed by atoms with Crippen LogP contribution in [0, 0.1) is 5.82 Å². The van der Waals surface area contributed by atoms with Gasteiger partial charge in [-0.15, -0.1) is 0 Å². The molecule has 0 aliphatic carbocycles. The lowest BCUT2D eigenvalue weighted by Crippen LogP contribution is -2.29. The molecule has 1 saturated heterocycles. The Kier molecular flexibility index (Phi) is 7.26. The number of anilines is 1. The first-order valence-corrected chi connectivity index (χ1v) is 11.3. The molecule has 0 spiro atoms. The fourth-order valence-electron chi connectivity index (χ4n) is 4.21. The molecule has 10 heteroatoms. The van der Waals surface area contributed by atoms with Gasteiger partial charge < -0.3 is 24.1 Å². The Morgan fingerprint density at radius 3 is 2.19 bits per heavy atom. The zero-order chi connectivity index (χ0) is 26.9. The Hall–Kier alpha value is -4.24. The first-order valence-electron chi connectivity index (χ1n) is 11.0. The standard InChI is InChI=1S/C27H23ClFNO7/c1-34-16-7-8-17(21(13-16)36-3)25(31)23-24(14-5-10-20(35-2)22(11-14)37-4)30(27(33)26(23)32)15-6-9-19(29)18(28)12-15/h5-13,24,31H,1-4H3/b25-23+. The van der Waals surface area contributed by atoms with E-state index < -0.39 is 29.3 Å². The maximum atomic E-state index is 13.9. The van der Waals surface area contributed by atoms with Gasteiger partial charge in [0.2, 0.25) is 0 Å². The van der Waals surface area contributed by atoms with Crippen LogP contribution in [0.5, 0.6) is 23.0 Å². The molecule has 1 amide bonds. The van der Waals surface area contributed by atoms with Crippen LogP contribution in [0.15, 0.2) is 60.2 Å². The van der Waals surface area contributed by atoms with Gasteiger partial charge in [0, 0.05) is 11.8 Å². The Bertz CT molecular complexity index is 1420. The summed E-state index contributed by atoms with van der Waals surface area (Å²) in [5.74, 6) is -1.59. The SMILES string of the molecule is COc1ccc(/C(O)=C2\C(=O)C(=O)N(c3ccc(F)c(Cl)c3)C2c2ccc(OC)c(OC)c2)c(OC)c1. The number of rotatable bonds is 7. The molecule has 1 heterocycles. The highest BCUT2D eigenvalue weighted by Gasteiger charge is 2.47. The Morgan fingerprint density at radius 2 is 1.57 bits per heavy atom. The van der Waals surface area contributed by atoms with Gasteiger partial charge in [0.05, 0.1) is 50.6 Å². The van der Waals surface area contributed by atoms with Crippen molar-refractivity contribution in [3.63, 3.8) is 0 Å². The van der Waals surface area contributed by atoms with Crippen LogP contribution < -0.4 is 23.8 Å². The first kappa shape index (κ1) is 25.8. The number of halogens is 2. The average molecular weight is 528 g/mol. The van der Waals surface area contributed by atoms with Crippen molar-refractivity contribution in [1.82, 2.24) is 0 Å². The van der Waals surface area contributed by atoms with Crippen LogP contribution >= 0.6 is 11.6 Å². The largest absolute Gasteiger partial charge is 0.507 e. The lowest BCUT2D eigenvalue weighted by atomic mass is 9.94. The van der Waals surface area contributed by atoms with Gasteiger partial charge in [0.1, 0.15) is 23.1 Å². The van der Waals surface area contributed by atoms with Crippen LogP contribution in [-0.2, 0) is 9.59 Å². The van der Waals surface area contributed by atoms with Gasteiger partial charge in [-0.1, -0.05) is 17.7 Å².